The Hall–Kier alpha value is -4.29. The van der Waals surface area contributed by atoms with Crippen LogP contribution in [0.2, 0.25) is 5.02 Å². The van der Waals surface area contributed by atoms with Crippen LogP contribution < -0.4 is 5.32 Å². The van der Waals surface area contributed by atoms with Gasteiger partial charge >= 0.3 is 5.97 Å². The Morgan fingerprint density at radius 2 is 1.81 bits per heavy atom. The molecule has 0 radical (unpaired) electrons. The van der Waals surface area contributed by atoms with Gasteiger partial charge in [0.05, 0.1) is 23.2 Å². The van der Waals surface area contributed by atoms with Crippen LogP contribution in [0.1, 0.15) is 63.1 Å². The third-order valence-corrected chi connectivity index (χ3v) is 7.25. The average molecular weight is 582 g/mol. The van der Waals surface area contributed by atoms with Gasteiger partial charge in [0.25, 0.3) is 5.91 Å². The van der Waals surface area contributed by atoms with Crippen LogP contribution in [0.5, 0.6) is 0 Å². The molecule has 3 aromatic rings. The second kappa shape index (κ2) is 15.1. The molecule has 0 aliphatic carbocycles. The predicted octanol–water partition coefficient (Wildman–Crippen LogP) is 8.04. The number of benzene rings is 3. The van der Waals surface area contributed by atoms with Crippen LogP contribution in [0.4, 0.5) is 0 Å². The van der Waals surface area contributed by atoms with E-state index in [1.54, 1.807) is 0 Å². The molecule has 216 valence electrons. The minimum atomic E-state index is -0.817. The molecule has 6 nitrogen and oxygen atoms in total. The molecule has 0 spiro atoms. The molecule has 0 aromatic heterocycles. The Labute approximate surface area is 252 Å². The fourth-order valence-corrected chi connectivity index (χ4v) is 4.94. The predicted molar refractivity (Wildman–Crippen MR) is 172 cm³/mol. The quantitative estimate of drug-likeness (QED) is 0.237. The largest absolute Gasteiger partial charge is 0.481 e. The molecular weight excluding hydrogens is 546 g/mol. The van der Waals surface area contributed by atoms with Crippen molar-refractivity contribution in [1.82, 2.24) is 5.32 Å². The van der Waals surface area contributed by atoms with E-state index in [4.69, 9.17) is 26.7 Å². The van der Waals surface area contributed by atoms with Crippen LogP contribution in [-0.2, 0) is 9.59 Å². The first-order valence-electron chi connectivity index (χ1n) is 14.3. The number of carboxylic acid groups (broad SMARTS) is 1. The standard InChI is InChI=1S/C35H36ClN3O3/c1-3-9-31-23-29(35(42)38-24(2)27-16-15-25-10-4-5-11-28(25)22-27)12-8-21-37-34(26-17-19-30(36)20-18-26)32(39-31)13-6-7-14-33(40)41/h3-5,9-12,15-20,22-24H,6-8,13-14,21H2,1-2H3,(H,38,42)(H,40,41). The first kappa shape index (κ1) is 30.7. The highest BCUT2D eigenvalue weighted by atomic mass is 35.5. The van der Waals surface area contributed by atoms with E-state index in [9.17, 15) is 9.59 Å². The third kappa shape index (κ3) is 8.60. The summed E-state index contributed by atoms with van der Waals surface area (Å²) in [6.45, 7) is 4.35. The van der Waals surface area contributed by atoms with Crippen molar-refractivity contribution in [1.29, 1.82) is 0 Å². The molecule has 0 bridgehead atoms. The molecule has 3 aromatic carbocycles. The van der Waals surface area contributed by atoms with Crippen molar-refractivity contribution < 1.29 is 14.7 Å². The lowest BCUT2D eigenvalue weighted by molar-refractivity contribution is -0.137. The Balaban J connectivity index is 1.63. The SMILES string of the molecule is CC=CC1=CC(C(=O)NC(C)c2ccc3ccccc3c2)=CCCN=C(c2ccc(Cl)cc2)C(CCCCC(=O)O)=N1. The van der Waals surface area contributed by atoms with Crippen LogP contribution in [0, 0.1) is 0 Å². The van der Waals surface area contributed by atoms with Crippen molar-refractivity contribution >= 4 is 45.7 Å². The minimum Gasteiger partial charge on any atom is -0.481 e. The van der Waals surface area contributed by atoms with Crippen LogP contribution in [0.15, 0.2) is 112 Å². The number of allylic oxidation sites excluding steroid dienone is 2. The van der Waals surface area contributed by atoms with Crippen LogP contribution >= 0.6 is 11.6 Å². The van der Waals surface area contributed by atoms with E-state index in [-0.39, 0.29) is 18.4 Å². The zero-order valence-corrected chi connectivity index (χ0v) is 24.8. The summed E-state index contributed by atoms with van der Waals surface area (Å²) in [5.41, 5.74) is 4.56. The van der Waals surface area contributed by atoms with Crippen molar-refractivity contribution in [3.63, 3.8) is 0 Å². The van der Waals surface area contributed by atoms with E-state index in [1.807, 2.05) is 80.6 Å². The van der Waals surface area contributed by atoms with Crippen LogP contribution in [-0.4, -0.2) is 35.0 Å². The highest BCUT2D eigenvalue weighted by molar-refractivity contribution is 6.48. The number of rotatable bonds is 10. The summed E-state index contributed by atoms with van der Waals surface area (Å²) in [5.74, 6) is -0.999. The molecule has 7 heteroatoms. The van der Waals surface area contributed by atoms with E-state index >= 15 is 0 Å². The molecule has 1 aliphatic rings. The maximum atomic E-state index is 13.5. The van der Waals surface area contributed by atoms with Gasteiger partial charge in [-0.1, -0.05) is 72.3 Å². The van der Waals surface area contributed by atoms with Gasteiger partial charge in [0.15, 0.2) is 0 Å². The molecule has 1 amide bonds. The fraction of sp³-hybridized carbons (Fsp3) is 0.257. The smallest absolute Gasteiger partial charge is 0.303 e. The highest BCUT2D eigenvalue weighted by Gasteiger charge is 2.17. The number of hydrogen-bond acceptors (Lipinski definition) is 4. The molecule has 42 heavy (non-hydrogen) atoms. The number of halogens is 1. The van der Waals surface area contributed by atoms with Gasteiger partial charge in [-0.25, -0.2) is 0 Å². The van der Waals surface area contributed by atoms with Crippen LogP contribution in [0.25, 0.3) is 10.8 Å². The van der Waals surface area contributed by atoms with E-state index in [0.29, 0.717) is 48.5 Å². The summed E-state index contributed by atoms with van der Waals surface area (Å²) >= 11 is 6.15. The summed E-state index contributed by atoms with van der Waals surface area (Å²) in [4.78, 5) is 34.5. The van der Waals surface area contributed by atoms with Gasteiger partial charge in [0, 0.05) is 29.1 Å². The number of nitrogens with one attached hydrogen (secondary N) is 1. The molecule has 2 N–H and O–H groups in total. The van der Waals surface area contributed by atoms with Gasteiger partial charge in [-0.15, -0.1) is 0 Å². The lowest BCUT2D eigenvalue weighted by Crippen LogP contribution is -2.28. The summed E-state index contributed by atoms with van der Waals surface area (Å²) < 4.78 is 0. The summed E-state index contributed by atoms with van der Waals surface area (Å²) in [6.07, 6.45) is 9.86. The number of aliphatic carboxylic acids is 1. The molecule has 1 atom stereocenters. The number of carbonyl (C=O) groups is 2. The second-order valence-electron chi connectivity index (χ2n) is 10.2. The summed E-state index contributed by atoms with van der Waals surface area (Å²) in [6, 6.07) is 21.7. The lowest BCUT2D eigenvalue weighted by atomic mass is 9.99. The number of nitrogens with zero attached hydrogens (tertiary/aromatic N) is 2. The Morgan fingerprint density at radius 1 is 1.05 bits per heavy atom. The number of unbranched alkanes of at least 4 members (excludes halogenated alkanes) is 1. The number of hydrogen-bond donors (Lipinski definition) is 2. The maximum Gasteiger partial charge on any atom is 0.303 e. The van der Waals surface area contributed by atoms with Gasteiger partial charge in [-0.3, -0.25) is 19.6 Å². The van der Waals surface area contributed by atoms with Gasteiger partial charge < -0.3 is 10.4 Å². The topological polar surface area (TPSA) is 91.1 Å². The number of amides is 1. The lowest BCUT2D eigenvalue weighted by Gasteiger charge is -2.17. The van der Waals surface area contributed by atoms with Crippen molar-refractivity contribution in [2.45, 2.75) is 52.0 Å². The zero-order valence-electron chi connectivity index (χ0n) is 24.0. The van der Waals surface area contributed by atoms with Crippen molar-refractivity contribution in [2.75, 3.05) is 6.54 Å². The van der Waals surface area contributed by atoms with Crippen molar-refractivity contribution in [3.8, 4) is 0 Å². The number of fused-ring (bicyclic) bond motifs is 1. The molecular formula is C35H36ClN3O3. The number of carbonyl (C=O) groups excluding carboxylic acids is 1. The van der Waals surface area contributed by atoms with E-state index < -0.39 is 5.97 Å². The minimum absolute atomic E-state index is 0.0979. The normalized spacial score (nSPS) is 14.9. The van der Waals surface area contributed by atoms with E-state index in [1.165, 1.54) is 0 Å². The first-order valence-corrected chi connectivity index (χ1v) is 14.7. The molecule has 0 saturated carbocycles. The molecule has 1 heterocycles. The van der Waals surface area contributed by atoms with E-state index in [0.717, 1.165) is 33.3 Å². The average Bonchev–Trinajstić information content (AvgIpc) is 2.98. The second-order valence-corrected chi connectivity index (χ2v) is 10.7. The van der Waals surface area contributed by atoms with Crippen molar-refractivity contribution in [3.05, 3.63) is 118 Å². The van der Waals surface area contributed by atoms with Crippen LogP contribution in [0.3, 0.4) is 0 Å². The van der Waals surface area contributed by atoms with Gasteiger partial charge in [0.2, 0.25) is 0 Å². The van der Waals surface area contributed by atoms with Gasteiger partial charge in [-0.05, 0) is 86.2 Å². The Morgan fingerprint density at radius 3 is 2.55 bits per heavy atom. The maximum absolute atomic E-state index is 13.5. The van der Waals surface area contributed by atoms with Crippen molar-refractivity contribution in [2.24, 2.45) is 9.98 Å². The Bertz CT molecular complexity index is 1580. The molecule has 1 aliphatic heterocycles. The third-order valence-electron chi connectivity index (χ3n) is 7.00. The van der Waals surface area contributed by atoms with Gasteiger partial charge in [0.1, 0.15) is 0 Å². The van der Waals surface area contributed by atoms with E-state index in [2.05, 4.69) is 29.6 Å². The van der Waals surface area contributed by atoms with Gasteiger partial charge in [-0.2, -0.15) is 0 Å². The Kier molecular flexibility index (Phi) is 11.0. The molecule has 0 saturated heterocycles. The summed E-state index contributed by atoms with van der Waals surface area (Å²) in [7, 11) is 0. The highest BCUT2D eigenvalue weighted by Crippen LogP contribution is 2.22. The molecule has 1 unspecified atom stereocenters. The summed E-state index contributed by atoms with van der Waals surface area (Å²) in [5, 5.41) is 15.2. The zero-order chi connectivity index (χ0) is 29.9. The fourth-order valence-electron chi connectivity index (χ4n) is 4.81. The first-order chi connectivity index (χ1) is 20.3. The molecule has 4 rings (SSSR count). The molecule has 0 fully saturated rings. The monoisotopic (exact) mass is 581 g/mol. The number of aliphatic imine (C=N–C) groups is 2. The number of carboxylic acids is 1.